The monoisotopic (exact) mass is 712 g/mol. The minimum Gasteiger partial charge on any atom is -0.457 e. The number of ether oxygens (including phenoxy) is 1. The third-order valence-corrected chi connectivity index (χ3v) is 11.6. The molecule has 0 unspecified atom stereocenters. The normalized spacial score (nSPS) is 12.9. The third-order valence-electron chi connectivity index (χ3n) is 11.6. The standard InChI is InChI=1S/C53H32N2O/c54-33-38-25-26-41(42-18-8-7-17-40(38)42)36-23-27-43-44-28-24-37(50-32-39(34-13-3-1-4-14-34)31-49(55-50)35-15-5-2-6-16-35)30-48(44)53(47(43)29-36)45-19-9-11-21-51(45)56-52-22-12-10-20-46(52)53/h1-32H. The highest BCUT2D eigenvalue weighted by Crippen LogP contribution is 2.63. The van der Waals surface area contributed by atoms with Gasteiger partial charge < -0.3 is 4.74 Å². The first-order valence-electron chi connectivity index (χ1n) is 18.9. The van der Waals surface area contributed by atoms with Crippen molar-refractivity contribution in [1.82, 2.24) is 4.98 Å². The number of nitrogens with zero attached hydrogens (tertiary/aromatic N) is 2. The van der Waals surface area contributed by atoms with E-state index in [1.54, 1.807) is 0 Å². The van der Waals surface area contributed by atoms with Crippen molar-refractivity contribution in [2.24, 2.45) is 0 Å². The molecule has 1 aliphatic carbocycles. The molecule has 8 aromatic carbocycles. The number of fused-ring (bicyclic) bond motifs is 10. The Morgan fingerprint density at radius 3 is 1.57 bits per heavy atom. The largest absolute Gasteiger partial charge is 0.457 e. The van der Waals surface area contributed by atoms with Gasteiger partial charge in [-0.15, -0.1) is 0 Å². The molecule has 2 heterocycles. The highest BCUT2D eigenvalue weighted by atomic mass is 16.5. The molecule has 0 radical (unpaired) electrons. The molecule has 0 saturated heterocycles. The van der Waals surface area contributed by atoms with E-state index < -0.39 is 5.41 Å². The van der Waals surface area contributed by atoms with Gasteiger partial charge in [0.1, 0.15) is 11.5 Å². The summed E-state index contributed by atoms with van der Waals surface area (Å²) in [6.07, 6.45) is 0. The zero-order valence-corrected chi connectivity index (χ0v) is 30.3. The lowest BCUT2D eigenvalue weighted by atomic mass is 9.65. The number of benzene rings is 8. The lowest BCUT2D eigenvalue weighted by molar-refractivity contribution is 0.436. The summed E-state index contributed by atoms with van der Waals surface area (Å²) in [5, 5.41) is 12.0. The van der Waals surface area contributed by atoms with Crippen molar-refractivity contribution in [2.75, 3.05) is 0 Å². The fraction of sp³-hybridized carbons (Fsp3) is 0.0189. The molecule has 0 saturated carbocycles. The van der Waals surface area contributed by atoms with Gasteiger partial charge in [-0.2, -0.15) is 5.26 Å². The third kappa shape index (κ3) is 4.73. The first-order valence-corrected chi connectivity index (χ1v) is 18.9. The van der Waals surface area contributed by atoms with Gasteiger partial charge in [-0.25, -0.2) is 4.98 Å². The predicted octanol–water partition coefficient (Wildman–Crippen LogP) is 13.2. The van der Waals surface area contributed by atoms with Crippen LogP contribution in [0, 0.1) is 11.3 Å². The fourth-order valence-electron chi connectivity index (χ4n) is 9.11. The Kier molecular flexibility index (Phi) is 7.14. The molecule has 1 aliphatic heterocycles. The maximum atomic E-state index is 9.96. The van der Waals surface area contributed by atoms with Gasteiger partial charge in [0.25, 0.3) is 0 Å². The lowest BCUT2D eigenvalue weighted by Crippen LogP contribution is -2.32. The number of rotatable bonds is 4. The Morgan fingerprint density at radius 1 is 0.393 bits per heavy atom. The summed E-state index contributed by atoms with van der Waals surface area (Å²) in [7, 11) is 0. The molecular weight excluding hydrogens is 681 g/mol. The van der Waals surface area contributed by atoms with Gasteiger partial charge in [0.05, 0.1) is 28.4 Å². The summed E-state index contributed by atoms with van der Waals surface area (Å²) >= 11 is 0. The summed E-state index contributed by atoms with van der Waals surface area (Å²) in [5.41, 5.74) is 15.4. The Bertz CT molecular complexity index is 2960. The minimum atomic E-state index is -0.677. The van der Waals surface area contributed by atoms with Gasteiger partial charge >= 0.3 is 0 Å². The van der Waals surface area contributed by atoms with E-state index >= 15 is 0 Å². The summed E-state index contributed by atoms with van der Waals surface area (Å²) in [6, 6.07) is 70.8. The molecular formula is C53H32N2O. The topological polar surface area (TPSA) is 45.9 Å². The van der Waals surface area contributed by atoms with Gasteiger partial charge in [0.15, 0.2) is 0 Å². The van der Waals surface area contributed by atoms with E-state index in [9.17, 15) is 5.26 Å². The predicted molar refractivity (Wildman–Crippen MR) is 226 cm³/mol. The SMILES string of the molecule is N#Cc1ccc(-c2ccc3c(c2)C2(c4ccccc4Oc4ccccc42)c2cc(-c4cc(-c5ccccc5)cc(-c5ccccc5)n4)ccc2-3)c2ccccc12. The quantitative estimate of drug-likeness (QED) is 0.182. The molecule has 0 amide bonds. The Balaban J connectivity index is 1.19. The van der Waals surface area contributed by atoms with Crippen molar-refractivity contribution in [3.8, 4) is 73.5 Å². The molecule has 0 fully saturated rings. The number of pyridine rings is 1. The van der Waals surface area contributed by atoms with E-state index in [4.69, 9.17) is 9.72 Å². The minimum absolute atomic E-state index is 0.676. The van der Waals surface area contributed by atoms with E-state index in [-0.39, 0.29) is 0 Å². The highest BCUT2D eigenvalue weighted by molar-refractivity contribution is 6.01. The van der Waals surface area contributed by atoms with Crippen LogP contribution in [0.2, 0.25) is 0 Å². The lowest BCUT2D eigenvalue weighted by Gasteiger charge is -2.39. The molecule has 0 N–H and O–H groups in total. The molecule has 11 rings (SSSR count). The first-order chi connectivity index (χ1) is 27.7. The van der Waals surface area contributed by atoms with Crippen LogP contribution in [0.15, 0.2) is 194 Å². The van der Waals surface area contributed by atoms with E-state index in [1.165, 1.54) is 22.3 Å². The molecule has 3 nitrogen and oxygen atoms in total. The molecule has 0 bridgehead atoms. The van der Waals surface area contributed by atoms with E-state index in [2.05, 4.69) is 170 Å². The second kappa shape index (κ2) is 12.5. The van der Waals surface area contributed by atoms with Gasteiger partial charge in [0, 0.05) is 27.6 Å². The molecule has 1 aromatic heterocycles. The first kappa shape index (κ1) is 31.9. The van der Waals surface area contributed by atoms with Crippen LogP contribution in [0.25, 0.3) is 66.7 Å². The van der Waals surface area contributed by atoms with Crippen LogP contribution in [0.4, 0.5) is 0 Å². The van der Waals surface area contributed by atoms with Crippen molar-refractivity contribution in [1.29, 1.82) is 5.26 Å². The van der Waals surface area contributed by atoms with Crippen molar-refractivity contribution in [3.63, 3.8) is 0 Å². The Morgan fingerprint density at radius 2 is 0.911 bits per heavy atom. The number of hydrogen-bond donors (Lipinski definition) is 0. The van der Waals surface area contributed by atoms with Gasteiger partial charge in [-0.1, -0.05) is 152 Å². The summed E-state index contributed by atoms with van der Waals surface area (Å²) < 4.78 is 6.69. The zero-order valence-electron chi connectivity index (χ0n) is 30.3. The van der Waals surface area contributed by atoms with Crippen molar-refractivity contribution in [3.05, 3.63) is 222 Å². The maximum Gasteiger partial charge on any atom is 0.132 e. The van der Waals surface area contributed by atoms with Crippen LogP contribution in [0.5, 0.6) is 11.5 Å². The molecule has 0 atom stereocenters. The van der Waals surface area contributed by atoms with E-state index in [1.807, 2.05) is 30.3 Å². The average Bonchev–Trinajstić information content (AvgIpc) is 3.55. The summed E-state index contributed by atoms with van der Waals surface area (Å²) in [4.78, 5) is 5.35. The van der Waals surface area contributed by atoms with Gasteiger partial charge in [-0.05, 0) is 92.4 Å². The second-order valence-electron chi connectivity index (χ2n) is 14.5. The second-order valence-corrected chi connectivity index (χ2v) is 14.5. The Hall–Kier alpha value is -7.54. The van der Waals surface area contributed by atoms with Crippen LogP contribution in [0.3, 0.4) is 0 Å². The fourth-order valence-corrected chi connectivity index (χ4v) is 9.11. The van der Waals surface area contributed by atoms with Crippen LogP contribution in [-0.2, 0) is 5.41 Å². The number of para-hydroxylation sites is 2. The number of nitriles is 1. The molecule has 3 heteroatoms. The Labute approximate surface area is 325 Å². The van der Waals surface area contributed by atoms with Crippen molar-refractivity contribution < 1.29 is 4.74 Å². The summed E-state index contributed by atoms with van der Waals surface area (Å²) in [5.74, 6) is 1.69. The van der Waals surface area contributed by atoms with E-state index in [0.29, 0.717) is 5.56 Å². The van der Waals surface area contributed by atoms with Gasteiger partial charge in [0.2, 0.25) is 0 Å². The van der Waals surface area contributed by atoms with E-state index in [0.717, 1.165) is 78.2 Å². The van der Waals surface area contributed by atoms with Gasteiger partial charge in [-0.3, -0.25) is 0 Å². The molecule has 260 valence electrons. The molecule has 2 aliphatic rings. The molecule has 9 aromatic rings. The number of hydrogen-bond acceptors (Lipinski definition) is 3. The average molecular weight is 713 g/mol. The van der Waals surface area contributed by atoms with Crippen LogP contribution in [0.1, 0.15) is 27.8 Å². The zero-order chi connectivity index (χ0) is 37.2. The van der Waals surface area contributed by atoms with Crippen molar-refractivity contribution in [2.45, 2.75) is 5.41 Å². The molecule has 56 heavy (non-hydrogen) atoms. The van der Waals surface area contributed by atoms with Crippen LogP contribution in [-0.4, -0.2) is 4.98 Å². The van der Waals surface area contributed by atoms with Crippen LogP contribution >= 0.6 is 0 Å². The highest BCUT2D eigenvalue weighted by Gasteiger charge is 2.51. The maximum absolute atomic E-state index is 9.96. The summed E-state index contributed by atoms with van der Waals surface area (Å²) in [6.45, 7) is 0. The van der Waals surface area contributed by atoms with Crippen molar-refractivity contribution >= 4 is 10.8 Å². The number of aromatic nitrogens is 1. The smallest absolute Gasteiger partial charge is 0.132 e. The van der Waals surface area contributed by atoms with Crippen LogP contribution < -0.4 is 4.74 Å². The molecule has 1 spiro atoms.